The van der Waals surface area contributed by atoms with Crippen LogP contribution in [0.2, 0.25) is 0 Å². The fourth-order valence-corrected chi connectivity index (χ4v) is 0.498. The maximum Gasteiger partial charge on any atom is 0.188 e. The van der Waals surface area contributed by atoms with Gasteiger partial charge in [0.05, 0.1) is 19.3 Å². The Labute approximate surface area is 65.9 Å². The number of nitrogens with one attached hydrogen (secondary N) is 1. The highest BCUT2D eigenvalue weighted by Gasteiger charge is 1.98. The molecule has 0 rings (SSSR count). The van der Waals surface area contributed by atoms with Gasteiger partial charge in [0.1, 0.15) is 0 Å². The maximum absolute atomic E-state index is 8.83. The lowest BCUT2D eigenvalue weighted by Gasteiger charge is -2.04. The summed E-state index contributed by atoms with van der Waals surface area (Å²) in [6.07, 6.45) is -0.813. The van der Waals surface area contributed by atoms with E-state index in [0.717, 1.165) is 0 Å². The van der Waals surface area contributed by atoms with Crippen LogP contribution in [0.5, 0.6) is 0 Å². The van der Waals surface area contributed by atoms with Crippen LogP contribution in [0.15, 0.2) is 4.99 Å². The van der Waals surface area contributed by atoms with Crippen molar-refractivity contribution in [3.63, 3.8) is 0 Å². The molecule has 0 spiro atoms. The van der Waals surface area contributed by atoms with Crippen LogP contribution in [-0.4, -0.2) is 42.0 Å². The number of rotatable bonds is 4. The molecule has 0 aliphatic rings. The molecule has 0 aromatic carbocycles. The molecule has 0 aliphatic carbocycles. The zero-order chi connectivity index (χ0) is 8.69. The molecule has 0 aromatic heterocycles. The fourth-order valence-electron chi connectivity index (χ4n) is 0.498. The second-order valence-corrected chi connectivity index (χ2v) is 2.09. The van der Waals surface area contributed by atoms with Crippen LogP contribution in [0, 0.1) is 0 Å². The Balaban J connectivity index is 3.54. The highest BCUT2D eigenvalue weighted by atomic mass is 16.3. The van der Waals surface area contributed by atoms with Gasteiger partial charge < -0.3 is 21.3 Å². The van der Waals surface area contributed by atoms with Gasteiger partial charge in [-0.05, 0) is 6.92 Å². The molecule has 1 atom stereocenters. The molecular formula is C6H15N3O2. The number of aliphatic hydroxyl groups is 2. The molecular weight excluding hydrogens is 146 g/mol. The number of nitrogens with two attached hydrogens (primary N) is 1. The zero-order valence-electron chi connectivity index (χ0n) is 6.62. The van der Waals surface area contributed by atoms with Crippen molar-refractivity contribution >= 4 is 5.96 Å². The van der Waals surface area contributed by atoms with Crippen molar-refractivity contribution in [2.75, 3.05) is 19.7 Å². The first-order valence-corrected chi connectivity index (χ1v) is 3.53. The van der Waals surface area contributed by atoms with Crippen molar-refractivity contribution in [2.24, 2.45) is 10.7 Å². The molecule has 66 valence electrons. The Kier molecular flexibility index (Phi) is 5.50. The molecule has 1 unspecified atom stereocenters. The van der Waals surface area contributed by atoms with Crippen LogP contribution in [0.25, 0.3) is 0 Å². The largest absolute Gasteiger partial charge is 0.394 e. The third kappa shape index (κ3) is 5.63. The summed E-state index contributed by atoms with van der Waals surface area (Å²) in [4.78, 5) is 3.76. The third-order valence-electron chi connectivity index (χ3n) is 1.04. The lowest BCUT2D eigenvalue weighted by molar-refractivity contribution is 0.102. The first-order valence-electron chi connectivity index (χ1n) is 3.53. The summed E-state index contributed by atoms with van der Waals surface area (Å²) < 4.78 is 0. The summed E-state index contributed by atoms with van der Waals surface area (Å²) >= 11 is 0. The maximum atomic E-state index is 8.83. The van der Waals surface area contributed by atoms with Crippen LogP contribution in [-0.2, 0) is 0 Å². The van der Waals surface area contributed by atoms with Gasteiger partial charge in [-0.1, -0.05) is 0 Å². The third-order valence-corrected chi connectivity index (χ3v) is 1.04. The predicted octanol–water partition coefficient (Wildman–Crippen LogP) is -1.74. The first-order chi connectivity index (χ1) is 5.20. The Hall–Kier alpha value is -0.810. The smallest absolute Gasteiger partial charge is 0.188 e. The number of aliphatic hydroxyl groups excluding tert-OH is 2. The molecule has 5 nitrogen and oxygen atoms in total. The van der Waals surface area contributed by atoms with E-state index in [2.05, 4.69) is 10.3 Å². The van der Waals surface area contributed by atoms with Crippen molar-refractivity contribution in [3.05, 3.63) is 0 Å². The second-order valence-electron chi connectivity index (χ2n) is 2.09. The zero-order valence-corrected chi connectivity index (χ0v) is 6.62. The molecule has 0 heterocycles. The van der Waals surface area contributed by atoms with Gasteiger partial charge in [0, 0.05) is 6.54 Å². The van der Waals surface area contributed by atoms with Gasteiger partial charge in [-0.2, -0.15) is 0 Å². The number of hydrogen-bond donors (Lipinski definition) is 4. The Morgan fingerprint density at radius 1 is 1.73 bits per heavy atom. The second kappa shape index (κ2) is 5.94. The molecule has 11 heavy (non-hydrogen) atoms. The minimum Gasteiger partial charge on any atom is -0.394 e. The van der Waals surface area contributed by atoms with Crippen LogP contribution >= 0.6 is 0 Å². The molecule has 0 bridgehead atoms. The Morgan fingerprint density at radius 3 is 2.82 bits per heavy atom. The summed E-state index contributed by atoms with van der Waals surface area (Å²) in [5, 5.41) is 20.0. The molecule has 0 aliphatic heterocycles. The molecule has 5 N–H and O–H groups in total. The van der Waals surface area contributed by atoms with Crippen molar-refractivity contribution in [3.8, 4) is 0 Å². The number of aliphatic imine (C=N–C) groups is 1. The predicted molar refractivity (Wildman–Crippen MR) is 43.3 cm³/mol. The number of guanidine groups is 1. The van der Waals surface area contributed by atoms with Gasteiger partial charge >= 0.3 is 0 Å². The van der Waals surface area contributed by atoms with E-state index >= 15 is 0 Å². The van der Waals surface area contributed by atoms with Crippen molar-refractivity contribution in [1.29, 1.82) is 0 Å². The van der Waals surface area contributed by atoms with E-state index in [-0.39, 0.29) is 13.2 Å². The summed E-state index contributed by atoms with van der Waals surface area (Å²) in [6.45, 7) is 2.44. The van der Waals surface area contributed by atoms with E-state index in [1.807, 2.05) is 6.92 Å². The fraction of sp³-hybridized carbons (Fsp3) is 0.833. The van der Waals surface area contributed by atoms with E-state index in [0.29, 0.717) is 12.5 Å². The molecule has 0 aromatic rings. The average Bonchev–Trinajstić information content (AvgIpc) is 2.01. The van der Waals surface area contributed by atoms with Gasteiger partial charge in [-0.15, -0.1) is 0 Å². The van der Waals surface area contributed by atoms with Crippen molar-refractivity contribution < 1.29 is 10.2 Å². The van der Waals surface area contributed by atoms with Gasteiger partial charge in [-0.25, -0.2) is 0 Å². The lowest BCUT2D eigenvalue weighted by Crippen LogP contribution is -2.32. The highest BCUT2D eigenvalue weighted by Crippen LogP contribution is 1.80. The van der Waals surface area contributed by atoms with E-state index in [9.17, 15) is 0 Å². The summed E-state index contributed by atoms with van der Waals surface area (Å²) in [5.41, 5.74) is 5.33. The Morgan fingerprint density at radius 2 is 2.36 bits per heavy atom. The first kappa shape index (κ1) is 10.2. The summed E-state index contributed by atoms with van der Waals surface area (Å²) in [7, 11) is 0. The van der Waals surface area contributed by atoms with Crippen LogP contribution in [0.4, 0.5) is 0 Å². The number of nitrogens with zero attached hydrogens (tertiary/aromatic N) is 1. The summed E-state index contributed by atoms with van der Waals surface area (Å²) in [5.74, 6) is 0.292. The molecule has 0 amide bonds. The van der Waals surface area contributed by atoms with Gasteiger partial charge in [0.15, 0.2) is 5.96 Å². The summed E-state index contributed by atoms with van der Waals surface area (Å²) in [6, 6.07) is 0. The molecule has 0 saturated carbocycles. The minimum atomic E-state index is -0.813. The van der Waals surface area contributed by atoms with Crippen LogP contribution in [0.3, 0.4) is 0 Å². The monoisotopic (exact) mass is 161 g/mol. The molecule has 0 radical (unpaired) electrons. The van der Waals surface area contributed by atoms with E-state index in [1.165, 1.54) is 0 Å². The quantitative estimate of drug-likeness (QED) is 0.291. The number of hydrogen-bond acceptors (Lipinski definition) is 3. The minimum absolute atomic E-state index is 0.134. The lowest BCUT2D eigenvalue weighted by atomic mass is 10.4. The highest BCUT2D eigenvalue weighted by molar-refractivity contribution is 5.77. The topological polar surface area (TPSA) is 90.9 Å². The van der Waals surface area contributed by atoms with Gasteiger partial charge in [-0.3, -0.25) is 4.99 Å². The standard InChI is InChI=1S/C6H15N3O2/c1-2-8-6(7)9-3-5(11)4-10/h5,10-11H,2-4H2,1H3,(H3,7,8,9). The molecule has 0 saturated heterocycles. The van der Waals surface area contributed by atoms with Crippen LogP contribution < -0.4 is 11.1 Å². The Bertz CT molecular complexity index is 127. The van der Waals surface area contributed by atoms with Crippen molar-refractivity contribution in [2.45, 2.75) is 13.0 Å². The van der Waals surface area contributed by atoms with Gasteiger partial charge in [0.25, 0.3) is 0 Å². The SMILES string of the molecule is CCNC(N)=NCC(O)CO. The normalized spacial score (nSPS) is 14.6. The van der Waals surface area contributed by atoms with E-state index in [4.69, 9.17) is 15.9 Å². The average molecular weight is 161 g/mol. The van der Waals surface area contributed by atoms with Crippen LogP contribution in [0.1, 0.15) is 6.92 Å². The molecule has 0 fully saturated rings. The van der Waals surface area contributed by atoms with E-state index in [1.54, 1.807) is 0 Å². The molecule has 5 heteroatoms. The van der Waals surface area contributed by atoms with E-state index < -0.39 is 6.10 Å². The van der Waals surface area contributed by atoms with Crippen molar-refractivity contribution in [1.82, 2.24) is 5.32 Å². The van der Waals surface area contributed by atoms with Gasteiger partial charge in [0.2, 0.25) is 0 Å².